The summed E-state index contributed by atoms with van der Waals surface area (Å²) in [5.41, 5.74) is 0. The van der Waals surface area contributed by atoms with Crippen molar-refractivity contribution in [3.8, 4) is 0 Å². The molecule has 0 N–H and O–H groups in total. The van der Waals surface area contributed by atoms with E-state index in [2.05, 4.69) is 4.18 Å². The molecule has 0 saturated heterocycles. The van der Waals surface area contributed by atoms with Crippen molar-refractivity contribution >= 4 is 20.2 Å². The lowest BCUT2D eigenvalue weighted by Crippen LogP contribution is -2.20. The van der Waals surface area contributed by atoms with Gasteiger partial charge in [-0.3, -0.25) is 8.37 Å². The zero-order chi connectivity index (χ0) is 12.8. The van der Waals surface area contributed by atoms with E-state index in [-0.39, 0.29) is 13.0 Å². The van der Waals surface area contributed by atoms with Crippen molar-refractivity contribution in [2.24, 2.45) is 0 Å². The Morgan fingerprint density at radius 1 is 1.00 bits per heavy atom. The van der Waals surface area contributed by atoms with Crippen LogP contribution in [0.15, 0.2) is 0 Å². The largest absolute Gasteiger partial charge is 0.270 e. The third kappa shape index (κ3) is 10.3. The van der Waals surface area contributed by atoms with E-state index in [1.807, 2.05) is 6.92 Å². The normalized spacial score (nSPS) is 14.9. The van der Waals surface area contributed by atoms with Gasteiger partial charge in [-0.25, -0.2) is 0 Å². The van der Waals surface area contributed by atoms with E-state index in [4.69, 9.17) is 4.18 Å². The summed E-state index contributed by atoms with van der Waals surface area (Å²) >= 11 is 0. The highest BCUT2D eigenvalue weighted by Crippen LogP contribution is 2.10. The van der Waals surface area contributed by atoms with Crippen LogP contribution in [0.1, 0.15) is 26.2 Å². The van der Waals surface area contributed by atoms with Crippen LogP contribution in [0.3, 0.4) is 0 Å². The Morgan fingerprint density at radius 3 is 1.94 bits per heavy atom. The molecular formula is C8H18O6S2. The van der Waals surface area contributed by atoms with Gasteiger partial charge in [0, 0.05) is 0 Å². The smallest absolute Gasteiger partial charge is 0.264 e. The molecule has 0 aliphatic rings. The third-order valence-corrected chi connectivity index (χ3v) is 2.88. The molecule has 0 saturated carbocycles. The summed E-state index contributed by atoms with van der Waals surface area (Å²) in [6, 6.07) is 0. The van der Waals surface area contributed by atoms with E-state index in [1.54, 1.807) is 0 Å². The summed E-state index contributed by atoms with van der Waals surface area (Å²) in [7, 11) is -7.00. The Kier molecular flexibility index (Phi) is 6.46. The highest BCUT2D eigenvalue weighted by atomic mass is 32.2. The fraction of sp³-hybridized carbons (Fsp3) is 1.00. The molecule has 0 aliphatic carbocycles. The van der Waals surface area contributed by atoms with Crippen LogP contribution in [0.5, 0.6) is 0 Å². The molecule has 0 aromatic carbocycles. The first-order valence-corrected chi connectivity index (χ1v) is 8.50. The molecular weight excluding hydrogens is 256 g/mol. The molecule has 0 spiro atoms. The molecule has 0 heterocycles. The molecule has 6 nitrogen and oxygen atoms in total. The summed E-state index contributed by atoms with van der Waals surface area (Å²) < 4.78 is 52.4. The maximum absolute atomic E-state index is 10.9. The van der Waals surface area contributed by atoms with Crippen molar-refractivity contribution in [1.29, 1.82) is 0 Å². The summed E-state index contributed by atoms with van der Waals surface area (Å²) in [6.07, 6.45) is 2.90. The number of hydrogen-bond donors (Lipinski definition) is 0. The quantitative estimate of drug-likeness (QED) is 0.599. The van der Waals surface area contributed by atoms with E-state index in [0.29, 0.717) is 6.42 Å². The highest BCUT2D eigenvalue weighted by Gasteiger charge is 2.15. The second-order valence-electron chi connectivity index (χ2n) is 3.53. The second kappa shape index (κ2) is 6.53. The van der Waals surface area contributed by atoms with Crippen LogP contribution in [-0.2, 0) is 28.6 Å². The molecule has 0 rings (SSSR count). The van der Waals surface area contributed by atoms with Crippen molar-refractivity contribution < 1.29 is 25.2 Å². The average molecular weight is 274 g/mol. The van der Waals surface area contributed by atoms with Crippen LogP contribution in [0, 0.1) is 0 Å². The third-order valence-electron chi connectivity index (χ3n) is 1.66. The first kappa shape index (κ1) is 15.8. The topological polar surface area (TPSA) is 86.7 Å². The van der Waals surface area contributed by atoms with E-state index in [0.717, 1.165) is 18.9 Å². The number of rotatable bonds is 8. The van der Waals surface area contributed by atoms with Gasteiger partial charge in [0.1, 0.15) is 0 Å². The summed E-state index contributed by atoms with van der Waals surface area (Å²) in [6.45, 7) is 1.81. The average Bonchev–Trinajstić information content (AvgIpc) is 1.98. The molecule has 0 aromatic heterocycles. The van der Waals surface area contributed by atoms with Gasteiger partial charge in [-0.2, -0.15) is 16.8 Å². The monoisotopic (exact) mass is 274 g/mol. The molecule has 1 atom stereocenters. The minimum Gasteiger partial charge on any atom is -0.270 e. The maximum Gasteiger partial charge on any atom is 0.264 e. The van der Waals surface area contributed by atoms with Crippen LogP contribution < -0.4 is 0 Å². The Hall–Kier alpha value is -0.180. The van der Waals surface area contributed by atoms with Gasteiger partial charge >= 0.3 is 0 Å². The predicted octanol–water partition coefficient (Wildman–Crippen LogP) is 0.498. The molecule has 0 amide bonds. The minimum atomic E-state index is -3.52. The van der Waals surface area contributed by atoms with Crippen LogP contribution in [0.4, 0.5) is 0 Å². The molecule has 98 valence electrons. The lowest BCUT2D eigenvalue weighted by Gasteiger charge is -2.14. The second-order valence-corrected chi connectivity index (χ2v) is 6.77. The Labute approximate surface area is 97.2 Å². The molecule has 8 heteroatoms. The van der Waals surface area contributed by atoms with Gasteiger partial charge < -0.3 is 0 Å². The molecule has 0 aromatic rings. The summed E-state index contributed by atoms with van der Waals surface area (Å²) in [5, 5.41) is 0. The van der Waals surface area contributed by atoms with Crippen molar-refractivity contribution in [3.05, 3.63) is 0 Å². The van der Waals surface area contributed by atoms with Gasteiger partial charge in [0.15, 0.2) is 0 Å². The summed E-state index contributed by atoms with van der Waals surface area (Å²) in [4.78, 5) is 0. The zero-order valence-corrected chi connectivity index (χ0v) is 11.3. The standard InChI is InChI=1S/C8H18O6S2/c1-4-5-8(14-16(3,11)12)6-7-13-15(2,9)10/h8H,4-7H2,1-3H3. The van der Waals surface area contributed by atoms with Crippen LogP contribution in [0.25, 0.3) is 0 Å². The number of hydrogen-bond acceptors (Lipinski definition) is 6. The van der Waals surface area contributed by atoms with Crippen molar-refractivity contribution in [1.82, 2.24) is 0 Å². The Bertz CT molecular complexity index is 383. The van der Waals surface area contributed by atoms with Crippen molar-refractivity contribution in [2.75, 3.05) is 19.1 Å². The van der Waals surface area contributed by atoms with E-state index >= 15 is 0 Å². The first-order valence-electron chi connectivity index (χ1n) is 4.86. The van der Waals surface area contributed by atoms with Crippen molar-refractivity contribution in [2.45, 2.75) is 32.3 Å². The zero-order valence-electron chi connectivity index (χ0n) is 9.67. The van der Waals surface area contributed by atoms with E-state index < -0.39 is 26.3 Å². The minimum absolute atomic E-state index is 0.0704. The lowest BCUT2D eigenvalue weighted by atomic mass is 10.1. The van der Waals surface area contributed by atoms with Crippen LogP contribution in [-0.4, -0.2) is 42.1 Å². The molecule has 0 radical (unpaired) electrons. The fourth-order valence-electron chi connectivity index (χ4n) is 1.14. The molecule has 0 bridgehead atoms. The molecule has 1 unspecified atom stereocenters. The van der Waals surface area contributed by atoms with Gasteiger partial charge in [-0.05, 0) is 12.8 Å². The maximum atomic E-state index is 10.9. The molecule has 0 aliphatic heterocycles. The SMILES string of the molecule is CCCC(CCOS(C)(=O)=O)OS(C)(=O)=O. The van der Waals surface area contributed by atoms with Crippen LogP contribution in [0.2, 0.25) is 0 Å². The van der Waals surface area contributed by atoms with E-state index in [9.17, 15) is 16.8 Å². The van der Waals surface area contributed by atoms with Gasteiger partial charge in [-0.1, -0.05) is 13.3 Å². The van der Waals surface area contributed by atoms with Crippen LogP contribution >= 0.6 is 0 Å². The van der Waals surface area contributed by atoms with E-state index in [1.165, 1.54) is 0 Å². The summed E-state index contributed by atoms with van der Waals surface area (Å²) in [5.74, 6) is 0. The highest BCUT2D eigenvalue weighted by molar-refractivity contribution is 7.86. The predicted molar refractivity (Wildman–Crippen MR) is 60.0 cm³/mol. The molecule has 0 fully saturated rings. The fourth-order valence-corrected chi connectivity index (χ4v) is 2.23. The van der Waals surface area contributed by atoms with Crippen molar-refractivity contribution in [3.63, 3.8) is 0 Å². The molecule has 16 heavy (non-hydrogen) atoms. The Balaban J connectivity index is 4.14. The lowest BCUT2D eigenvalue weighted by molar-refractivity contribution is 0.162. The van der Waals surface area contributed by atoms with Gasteiger partial charge in [-0.15, -0.1) is 0 Å². The Morgan fingerprint density at radius 2 is 1.56 bits per heavy atom. The van der Waals surface area contributed by atoms with Gasteiger partial charge in [0.2, 0.25) is 0 Å². The first-order chi connectivity index (χ1) is 7.14. The van der Waals surface area contributed by atoms with Gasteiger partial charge in [0.25, 0.3) is 20.2 Å². The van der Waals surface area contributed by atoms with Gasteiger partial charge in [0.05, 0.1) is 25.2 Å².